The fourth-order valence-electron chi connectivity index (χ4n) is 2.45. The lowest BCUT2D eigenvalue weighted by Crippen LogP contribution is -2.32. The molecule has 4 nitrogen and oxygen atoms in total. The summed E-state index contributed by atoms with van der Waals surface area (Å²) in [5.74, 6) is 0.797. The summed E-state index contributed by atoms with van der Waals surface area (Å²) in [5.41, 5.74) is 2.19. The van der Waals surface area contributed by atoms with E-state index >= 15 is 0 Å². The van der Waals surface area contributed by atoms with Crippen molar-refractivity contribution in [2.45, 2.75) is 31.9 Å². The van der Waals surface area contributed by atoms with E-state index in [1.807, 2.05) is 12.1 Å². The molecule has 0 amide bonds. The van der Waals surface area contributed by atoms with Crippen molar-refractivity contribution in [2.75, 3.05) is 11.9 Å². The number of nitrogens with one attached hydrogen (secondary N) is 1. The normalized spacial score (nSPS) is 23.2. The summed E-state index contributed by atoms with van der Waals surface area (Å²) in [5, 5.41) is 3.56. The Hall–Kier alpha value is -1.81. The second kappa shape index (κ2) is 5.45. The number of oxazole rings is 1. The molecule has 2 atom stereocenters. The highest BCUT2D eigenvalue weighted by atomic mass is 16.5. The first-order valence-corrected chi connectivity index (χ1v) is 6.68. The van der Waals surface area contributed by atoms with Gasteiger partial charge in [-0.15, -0.1) is 0 Å². The number of ether oxygens (including phenoxy) is 1. The molecule has 1 fully saturated rings. The van der Waals surface area contributed by atoms with E-state index < -0.39 is 0 Å². The highest BCUT2D eigenvalue weighted by Gasteiger charge is 2.18. The summed E-state index contributed by atoms with van der Waals surface area (Å²) < 4.78 is 10.8. The van der Waals surface area contributed by atoms with E-state index in [0.717, 1.165) is 36.5 Å². The lowest BCUT2D eigenvalue weighted by atomic mass is 10.0. The van der Waals surface area contributed by atoms with Gasteiger partial charge in [0, 0.05) is 23.9 Å². The first-order valence-electron chi connectivity index (χ1n) is 6.68. The third kappa shape index (κ3) is 2.96. The monoisotopic (exact) mass is 258 g/mol. The van der Waals surface area contributed by atoms with Crippen molar-refractivity contribution in [1.29, 1.82) is 0 Å². The van der Waals surface area contributed by atoms with Crippen LogP contribution in [0.25, 0.3) is 11.3 Å². The summed E-state index contributed by atoms with van der Waals surface area (Å²) in [6.07, 6.45) is 5.64. The van der Waals surface area contributed by atoms with Crippen molar-refractivity contribution < 1.29 is 9.15 Å². The van der Waals surface area contributed by atoms with Gasteiger partial charge in [-0.3, -0.25) is 0 Å². The second-order valence-electron chi connectivity index (χ2n) is 4.99. The van der Waals surface area contributed by atoms with Gasteiger partial charge in [-0.1, -0.05) is 0 Å². The molecule has 3 rings (SSSR count). The minimum atomic E-state index is 0.347. The molecule has 0 bridgehead atoms. The van der Waals surface area contributed by atoms with Gasteiger partial charge in [0.15, 0.2) is 12.2 Å². The van der Waals surface area contributed by atoms with E-state index in [4.69, 9.17) is 9.15 Å². The van der Waals surface area contributed by atoms with E-state index in [9.17, 15) is 0 Å². The first kappa shape index (κ1) is 12.2. The summed E-state index contributed by atoms with van der Waals surface area (Å²) >= 11 is 0. The maximum Gasteiger partial charge on any atom is 0.181 e. The minimum Gasteiger partial charge on any atom is -0.444 e. The van der Waals surface area contributed by atoms with E-state index in [-0.39, 0.29) is 0 Å². The van der Waals surface area contributed by atoms with Crippen molar-refractivity contribution in [3.63, 3.8) is 0 Å². The molecule has 1 aromatic heterocycles. The fourth-order valence-corrected chi connectivity index (χ4v) is 2.45. The molecule has 4 heteroatoms. The van der Waals surface area contributed by atoms with E-state index in [1.165, 1.54) is 6.39 Å². The molecule has 1 saturated heterocycles. The zero-order valence-corrected chi connectivity index (χ0v) is 11.0. The Morgan fingerprint density at radius 1 is 1.26 bits per heavy atom. The number of nitrogens with zero attached hydrogens (tertiary/aromatic N) is 1. The van der Waals surface area contributed by atoms with Gasteiger partial charge in [-0.2, -0.15) is 0 Å². The fraction of sp³-hybridized carbons (Fsp3) is 0.400. The standard InChI is InChI=1S/C15H18N2O2/c1-11-8-14(6-7-18-11)17-13-4-2-12(3-5-13)15-9-16-10-19-15/h2-5,9-11,14,17H,6-8H2,1H3. The van der Waals surface area contributed by atoms with Crippen molar-refractivity contribution in [1.82, 2.24) is 4.98 Å². The molecular formula is C15H18N2O2. The molecular weight excluding hydrogens is 240 g/mol. The molecule has 100 valence electrons. The van der Waals surface area contributed by atoms with E-state index in [0.29, 0.717) is 12.1 Å². The zero-order chi connectivity index (χ0) is 13.1. The van der Waals surface area contributed by atoms with Crippen LogP contribution in [-0.4, -0.2) is 23.7 Å². The van der Waals surface area contributed by atoms with Crippen molar-refractivity contribution in [2.24, 2.45) is 0 Å². The lowest BCUT2D eigenvalue weighted by Gasteiger charge is -2.28. The first-order chi connectivity index (χ1) is 9.31. The third-order valence-corrected chi connectivity index (χ3v) is 3.46. The number of hydrogen-bond acceptors (Lipinski definition) is 4. The number of hydrogen-bond donors (Lipinski definition) is 1. The molecule has 0 spiro atoms. The average molecular weight is 258 g/mol. The molecule has 1 aromatic carbocycles. The Bertz CT molecular complexity index is 507. The molecule has 1 aliphatic rings. The molecule has 1 N–H and O–H groups in total. The lowest BCUT2D eigenvalue weighted by molar-refractivity contribution is 0.0232. The Labute approximate surface area is 112 Å². The van der Waals surface area contributed by atoms with Gasteiger partial charge in [-0.25, -0.2) is 4.98 Å². The Balaban J connectivity index is 1.66. The Kier molecular flexibility index (Phi) is 3.51. The molecule has 0 aliphatic carbocycles. The van der Waals surface area contributed by atoms with Crippen LogP contribution in [-0.2, 0) is 4.74 Å². The maximum absolute atomic E-state index is 5.55. The van der Waals surface area contributed by atoms with Crippen LogP contribution in [0.2, 0.25) is 0 Å². The van der Waals surface area contributed by atoms with Crippen LogP contribution in [0.1, 0.15) is 19.8 Å². The predicted molar refractivity (Wildman–Crippen MR) is 74.0 cm³/mol. The summed E-state index contributed by atoms with van der Waals surface area (Å²) in [7, 11) is 0. The molecule has 2 aromatic rings. The van der Waals surface area contributed by atoms with Crippen LogP contribution < -0.4 is 5.32 Å². The summed E-state index contributed by atoms with van der Waals surface area (Å²) in [6.45, 7) is 2.97. The quantitative estimate of drug-likeness (QED) is 0.917. The molecule has 2 unspecified atom stereocenters. The second-order valence-corrected chi connectivity index (χ2v) is 4.99. The predicted octanol–water partition coefficient (Wildman–Crippen LogP) is 3.32. The molecule has 2 heterocycles. The molecule has 0 saturated carbocycles. The van der Waals surface area contributed by atoms with Gasteiger partial charge in [0.1, 0.15) is 0 Å². The summed E-state index contributed by atoms with van der Waals surface area (Å²) in [4.78, 5) is 3.93. The van der Waals surface area contributed by atoms with Gasteiger partial charge >= 0.3 is 0 Å². The SMILES string of the molecule is CC1CC(Nc2ccc(-c3cnco3)cc2)CCO1. The van der Waals surface area contributed by atoms with Gasteiger partial charge < -0.3 is 14.5 Å². The number of benzene rings is 1. The van der Waals surface area contributed by atoms with Crippen molar-refractivity contribution in [3.05, 3.63) is 36.9 Å². The van der Waals surface area contributed by atoms with Crippen LogP contribution in [0.4, 0.5) is 5.69 Å². The van der Waals surface area contributed by atoms with Crippen molar-refractivity contribution in [3.8, 4) is 11.3 Å². The van der Waals surface area contributed by atoms with Crippen LogP contribution in [0.5, 0.6) is 0 Å². The van der Waals surface area contributed by atoms with E-state index in [2.05, 4.69) is 29.4 Å². The Morgan fingerprint density at radius 3 is 2.79 bits per heavy atom. The number of rotatable bonds is 3. The Morgan fingerprint density at radius 2 is 2.11 bits per heavy atom. The number of anilines is 1. The summed E-state index contributed by atoms with van der Waals surface area (Å²) in [6, 6.07) is 8.76. The van der Waals surface area contributed by atoms with Crippen molar-refractivity contribution >= 4 is 5.69 Å². The molecule has 19 heavy (non-hydrogen) atoms. The van der Waals surface area contributed by atoms with Gasteiger partial charge in [-0.05, 0) is 44.0 Å². The minimum absolute atomic E-state index is 0.347. The largest absolute Gasteiger partial charge is 0.444 e. The number of aromatic nitrogens is 1. The maximum atomic E-state index is 5.55. The molecule has 0 radical (unpaired) electrons. The third-order valence-electron chi connectivity index (χ3n) is 3.46. The van der Waals surface area contributed by atoms with Crippen LogP contribution >= 0.6 is 0 Å². The zero-order valence-electron chi connectivity index (χ0n) is 11.0. The van der Waals surface area contributed by atoms with Crippen LogP contribution in [0, 0.1) is 0 Å². The van der Waals surface area contributed by atoms with Gasteiger partial charge in [0.05, 0.1) is 12.3 Å². The van der Waals surface area contributed by atoms with Crippen LogP contribution in [0.15, 0.2) is 41.3 Å². The highest BCUT2D eigenvalue weighted by Crippen LogP contribution is 2.23. The van der Waals surface area contributed by atoms with E-state index in [1.54, 1.807) is 6.20 Å². The average Bonchev–Trinajstić information content (AvgIpc) is 2.94. The smallest absolute Gasteiger partial charge is 0.181 e. The van der Waals surface area contributed by atoms with Gasteiger partial charge in [0.25, 0.3) is 0 Å². The molecule has 1 aliphatic heterocycles. The van der Waals surface area contributed by atoms with Gasteiger partial charge in [0.2, 0.25) is 0 Å². The van der Waals surface area contributed by atoms with Crippen LogP contribution in [0.3, 0.4) is 0 Å². The highest BCUT2D eigenvalue weighted by molar-refractivity contribution is 5.60. The topological polar surface area (TPSA) is 47.3 Å².